The summed E-state index contributed by atoms with van der Waals surface area (Å²) in [5, 5.41) is 0. The van der Waals surface area contributed by atoms with Gasteiger partial charge in [0.15, 0.2) is 6.10 Å². The maximum Gasteiger partial charge on any atom is 0.306 e. The molecule has 0 saturated carbocycles. The highest BCUT2D eigenvalue weighted by Gasteiger charge is 2.19. The predicted octanol–water partition coefficient (Wildman–Crippen LogP) is 17.8. The third-order valence-corrected chi connectivity index (χ3v) is 11.0. The summed E-state index contributed by atoms with van der Waals surface area (Å²) in [7, 11) is 0. The standard InChI is InChI=1S/C59H98O6/c1-4-7-10-13-16-19-22-25-28-29-32-34-37-40-43-46-49-52-58(61)64-55-56(65-59(62)53-50-47-44-41-38-35-31-27-24-21-18-15-12-9-6-3)54-63-57(60)51-48-45-42-39-36-33-30-26-23-20-17-14-11-8-5-2/h9,12,16-21,25-28,30-31,38,41,56H,4-8,10-11,13-15,22-24,29,32-37,39-40,42-55H2,1-3H3/b12-9-,19-16-,20-17-,21-18-,28-25-,30-26-,31-27-,41-38-. The first-order valence-corrected chi connectivity index (χ1v) is 26.7. The van der Waals surface area contributed by atoms with Crippen molar-refractivity contribution in [2.24, 2.45) is 0 Å². The minimum atomic E-state index is -0.809. The molecule has 0 bridgehead atoms. The number of hydrogen-bond acceptors (Lipinski definition) is 6. The molecule has 0 heterocycles. The van der Waals surface area contributed by atoms with E-state index in [1.54, 1.807) is 0 Å². The molecule has 0 radical (unpaired) electrons. The molecule has 370 valence electrons. The van der Waals surface area contributed by atoms with E-state index in [2.05, 4.69) is 118 Å². The Hall–Kier alpha value is -3.67. The van der Waals surface area contributed by atoms with E-state index in [4.69, 9.17) is 14.2 Å². The molecule has 0 amide bonds. The zero-order valence-corrected chi connectivity index (χ0v) is 42.2. The summed E-state index contributed by atoms with van der Waals surface area (Å²) >= 11 is 0. The summed E-state index contributed by atoms with van der Waals surface area (Å²) < 4.78 is 16.8. The second-order valence-corrected chi connectivity index (χ2v) is 17.4. The van der Waals surface area contributed by atoms with Crippen LogP contribution in [0.15, 0.2) is 97.2 Å². The first-order chi connectivity index (χ1) is 32.0. The first kappa shape index (κ1) is 61.3. The van der Waals surface area contributed by atoms with Crippen LogP contribution in [0.3, 0.4) is 0 Å². The molecule has 0 aliphatic carbocycles. The Morgan fingerprint density at radius 1 is 0.323 bits per heavy atom. The number of ether oxygens (including phenoxy) is 3. The summed E-state index contributed by atoms with van der Waals surface area (Å²) in [6.45, 7) is 6.41. The smallest absolute Gasteiger partial charge is 0.306 e. The van der Waals surface area contributed by atoms with Gasteiger partial charge in [-0.3, -0.25) is 14.4 Å². The van der Waals surface area contributed by atoms with Gasteiger partial charge in [0.05, 0.1) is 0 Å². The molecule has 0 aromatic carbocycles. The fraction of sp³-hybridized carbons (Fsp3) is 0.678. The number of allylic oxidation sites excluding steroid dienone is 16. The zero-order valence-electron chi connectivity index (χ0n) is 42.2. The van der Waals surface area contributed by atoms with Crippen LogP contribution in [0, 0.1) is 0 Å². The fourth-order valence-electron chi connectivity index (χ4n) is 7.02. The molecule has 0 aromatic rings. The summed E-state index contributed by atoms with van der Waals surface area (Å²) in [5.74, 6) is -0.969. The molecular weight excluding hydrogens is 805 g/mol. The maximum atomic E-state index is 12.8. The molecule has 0 saturated heterocycles. The van der Waals surface area contributed by atoms with Crippen LogP contribution in [0.2, 0.25) is 0 Å². The Kier molecular flexibility index (Phi) is 50.0. The second-order valence-electron chi connectivity index (χ2n) is 17.4. The van der Waals surface area contributed by atoms with Crippen molar-refractivity contribution in [3.63, 3.8) is 0 Å². The molecule has 0 N–H and O–H groups in total. The van der Waals surface area contributed by atoms with E-state index in [0.29, 0.717) is 19.3 Å². The molecule has 0 aliphatic heterocycles. The van der Waals surface area contributed by atoms with Crippen molar-refractivity contribution in [2.45, 2.75) is 245 Å². The number of carbonyl (C=O) groups excluding carboxylic acids is 3. The van der Waals surface area contributed by atoms with Crippen molar-refractivity contribution in [1.82, 2.24) is 0 Å². The van der Waals surface area contributed by atoms with Crippen molar-refractivity contribution >= 4 is 17.9 Å². The largest absolute Gasteiger partial charge is 0.462 e. The van der Waals surface area contributed by atoms with Gasteiger partial charge in [0.2, 0.25) is 0 Å². The zero-order chi connectivity index (χ0) is 47.2. The Bertz CT molecular complexity index is 1310. The minimum absolute atomic E-state index is 0.104. The van der Waals surface area contributed by atoms with Gasteiger partial charge >= 0.3 is 17.9 Å². The molecule has 1 unspecified atom stereocenters. The van der Waals surface area contributed by atoms with E-state index in [1.165, 1.54) is 77.0 Å². The quantitative estimate of drug-likeness (QED) is 0.0262. The molecule has 0 aliphatic rings. The molecule has 65 heavy (non-hydrogen) atoms. The minimum Gasteiger partial charge on any atom is -0.462 e. The number of hydrogen-bond donors (Lipinski definition) is 0. The number of esters is 3. The highest BCUT2D eigenvalue weighted by Crippen LogP contribution is 2.13. The van der Waals surface area contributed by atoms with Crippen LogP contribution in [0.25, 0.3) is 0 Å². The average molecular weight is 903 g/mol. The molecule has 0 fully saturated rings. The Morgan fingerprint density at radius 3 is 0.969 bits per heavy atom. The average Bonchev–Trinajstić information content (AvgIpc) is 3.30. The lowest BCUT2D eigenvalue weighted by Crippen LogP contribution is -2.30. The third-order valence-electron chi connectivity index (χ3n) is 11.0. The normalized spacial score (nSPS) is 12.8. The van der Waals surface area contributed by atoms with Gasteiger partial charge in [-0.05, 0) is 122 Å². The van der Waals surface area contributed by atoms with Gasteiger partial charge in [0.25, 0.3) is 0 Å². The number of carbonyl (C=O) groups is 3. The Labute approximate surface area is 400 Å². The van der Waals surface area contributed by atoms with Gasteiger partial charge in [-0.1, -0.05) is 195 Å². The maximum absolute atomic E-state index is 12.8. The van der Waals surface area contributed by atoms with E-state index < -0.39 is 6.10 Å². The van der Waals surface area contributed by atoms with Gasteiger partial charge in [-0.25, -0.2) is 0 Å². The topological polar surface area (TPSA) is 78.9 Å². The molecule has 0 aromatic heterocycles. The van der Waals surface area contributed by atoms with E-state index >= 15 is 0 Å². The summed E-state index contributed by atoms with van der Waals surface area (Å²) in [6.07, 6.45) is 69.6. The number of unbranched alkanes of at least 4 members (excludes halogenated alkanes) is 20. The van der Waals surface area contributed by atoms with Crippen LogP contribution in [0.4, 0.5) is 0 Å². The van der Waals surface area contributed by atoms with Crippen LogP contribution < -0.4 is 0 Å². The van der Waals surface area contributed by atoms with Gasteiger partial charge in [0.1, 0.15) is 13.2 Å². The monoisotopic (exact) mass is 903 g/mol. The van der Waals surface area contributed by atoms with E-state index in [-0.39, 0.29) is 37.5 Å². The van der Waals surface area contributed by atoms with Crippen LogP contribution in [-0.2, 0) is 28.6 Å². The van der Waals surface area contributed by atoms with Crippen molar-refractivity contribution in [3.8, 4) is 0 Å². The summed E-state index contributed by atoms with van der Waals surface area (Å²) in [5.41, 5.74) is 0. The number of rotatable bonds is 47. The first-order valence-electron chi connectivity index (χ1n) is 26.7. The lowest BCUT2D eigenvalue weighted by Gasteiger charge is -2.18. The van der Waals surface area contributed by atoms with Gasteiger partial charge in [-0.2, -0.15) is 0 Å². The molecule has 1 atom stereocenters. The molecule has 6 heteroatoms. The Morgan fingerprint density at radius 2 is 0.600 bits per heavy atom. The Balaban J connectivity index is 4.49. The fourth-order valence-corrected chi connectivity index (χ4v) is 7.02. The van der Waals surface area contributed by atoms with Crippen molar-refractivity contribution < 1.29 is 28.6 Å². The van der Waals surface area contributed by atoms with Crippen LogP contribution in [-0.4, -0.2) is 37.2 Å². The van der Waals surface area contributed by atoms with Crippen LogP contribution in [0.5, 0.6) is 0 Å². The van der Waals surface area contributed by atoms with E-state index in [9.17, 15) is 14.4 Å². The van der Waals surface area contributed by atoms with Gasteiger partial charge in [0, 0.05) is 19.3 Å². The highest BCUT2D eigenvalue weighted by atomic mass is 16.6. The molecule has 0 rings (SSSR count). The summed E-state index contributed by atoms with van der Waals surface area (Å²) in [6, 6.07) is 0. The SMILES string of the molecule is CC/C=C\C/C=C\C/C=C\C/C=C\CCCCC(=O)OC(COC(=O)CCCCCCC/C=C\C/C=C\CCCCC)COC(=O)CCCCCCCCC/C=C\C/C=C\CCCCC. The van der Waals surface area contributed by atoms with Crippen molar-refractivity contribution in [1.29, 1.82) is 0 Å². The van der Waals surface area contributed by atoms with E-state index in [0.717, 1.165) is 116 Å². The highest BCUT2D eigenvalue weighted by molar-refractivity contribution is 5.71. The third kappa shape index (κ3) is 51.2. The predicted molar refractivity (Wildman–Crippen MR) is 279 cm³/mol. The lowest BCUT2D eigenvalue weighted by molar-refractivity contribution is -0.167. The van der Waals surface area contributed by atoms with Crippen LogP contribution in [0.1, 0.15) is 239 Å². The molecule has 0 spiro atoms. The molecular formula is C59H98O6. The van der Waals surface area contributed by atoms with Gasteiger partial charge < -0.3 is 14.2 Å². The molecule has 6 nitrogen and oxygen atoms in total. The van der Waals surface area contributed by atoms with Crippen molar-refractivity contribution in [3.05, 3.63) is 97.2 Å². The van der Waals surface area contributed by atoms with E-state index in [1.807, 2.05) is 0 Å². The van der Waals surface area contributed by atoms with Crippen LogP contribution >= 0.6 is 0 Å². The van der Waals surface area contributed by atoms with Crippen molar-refractivity contribution in [2.75, 3.05) is 13.2 Å². The van der Waals surface area contributed by atoms with Gasteiger partial charge in [-0.15, -0.1) is 0 Å². The lowest BCUT2D eigenvalue weighted by atomic mass is 10.1. The second kappa shape index (κ2) is 52.9. The summed E-state index contributed by atoms with van der Waals surface area (Å²) in [4.78, 5) is 38.0.